The van der Waals surface area contributed by atoms with Crippen LogP contribution in [0.5, 0.6) is 0 Å². The van der Waals surface area contributed by atoms with E-state index in [2.05, 4.69) is 4.98 Å². The number of nitrogens with zero attached hydrogens (tertiary/aromatic N) is 1. The van der Waals surface area contributed by atoms with Crippen LogP contribution in [0.2, 0.25) is 10.0 Å². The molecule has 1 N–H and O–H groups in total. The van der Waals surface area contributed by atoms with Gasteiger partial charge in [-0.05, 0) is 24.1 Å². The molecule has 0 spiro atoms. The molecule has 2 rings (SSSR count). The zero-order valence-corrected chi connectivity index (χ0v) is 11.9. The molecular formula is C15H11Cl2NO2. The molecule has 0 aliphatic carbocycles. The van der Waals surface area contributed by atoms with Crippen molar-refractivity contribution in [3.63, 3.8) is 0 Å². The van der Waals surface area contributed by atoms with Gasteiger partial charge in [0.1, 0.15) is 0 Å². The molecule has 0 aliphatic heterocycles. The SMILES string of the molecule is O=C(O)C=CCc1cncc(-c2cccc(Cl)c2Cl)c1. The lowest BCUT2D eigenvalue weighted by molar-refractivity contribution is -0.131. The molecular weight excluding hydrogens is 297 g/mol. The number of carboxylic acids is 1. The van der Waals surface area contributed by atoms with Crippen LogP contribution < -0.4 is 0 Å². The predicted molar refractivity (Wildman–Crippen MR) is 80.2 cm³/mol. The van der Waals surface area contributed by atoms with Gasteiger partial charge in [-0.3, -0.25) is 4.98 Å². The first-order chi connectivity index (χ1) is 9.58. The Bertz CT molecular complexity index is 669. The maximum atomic E-state index is 10.4. The minimum Gasteiger partial charge on any atom is -0.478 e. The Kier molecular flexibility index (Phi) is 4.77. The van der Waals surface area contributed by atoms with Gasteiger partial charge in [-0.15, -0.1) is 0 Å². The number of hydrogen-bond acceptors (Lipinski definition) is 2. The summed E-state index contributed by atoms with van der Waals surface area (Å²) in [7, 11) is 0. The normalized spacial score (nSPS) is 10.9. The van der Waals surface area contributed by atoms with Gasteiger partial charge in [0.25, 0.3) is 0 Å². The molecule has 2 aromatic rings. The first-order valence-corrected chi connectivity index (χ1v) is 6.61. The van der Waals surface area contributed by atoms with Crippen LogP contribution in [0.25, 0.3) is 11.1 Å². The van der Waals surface area contributed by atoms with Crippen LogP contribution in [-0.4, -0.2) is 16.1 Å². The highest BCUT2D eigenvalue weighted by Crippen LogP contribution is 2.33. The maximum Gasteiger partial charge on any atom is 0.327 e. The summed E-state index contributed by atoms with van der Waals surface area (Å²) in [6.07, 6.45) is 6.56. The van der Waals surface area contributed by atoms with E-state index < -0.39 is 5.97 Å². The maximum absolute atomic E-state index is 10.4. The highest BCUT2D eigenvalue weighted by Gasteiger charge is 2.07. The van der Waals surface area contributed by atoms with E-state index in [4.69, 9.17) is 28.3 Å². The van der Waals surface area contributed by atoms with E-state index in [1.165, 1.54) is 0 Å². The second-order valence-corrected chi connectivity index (χ2v) is 4.91. The number of aromatic nitrogens is 1. The quantitative estimate of drug-likeness (QED) is 0.860. The fourth-order valence-corrected chi connectivity index (χ4v) is 2.18. The van der Waals surface area contributed by atoms with Gasteiger partial charge in [-0.25, -0.2) is 4.79 Å². The minimum absolute atomic E-state index is 0.481. The Morgan fingerprint density at radius 2 is 2.10 bits per heavy atom. The third kappa shape index (κ3) is 3.59. The molecule has 1 aromatic heterocycles. The summed E-state index contributed by atoms with van der Waals surface area (Å²) in [6.45, 7) is 0. The number of rotatable bonds is 4. The van der Waals surface area contributed by atoms with E-state index in [0.29, 0.717) is 16.5 Å². The van der Waals surface area contributed by atoms with Crippen molar-refractivity contribution in [3.05, 3.63) is 64.4 Å². The number of aliphatic carboxylic acids is 1. The second kappa shape index (κ2) is 6.55. The third-order valence-electron chi connectivity index (χ3n) is 2.67. The van der Waals surface area contributed by atoms with E-state index in [1.807, 2.05) is 18.2 Å². The minimum atomic E-state index is -0.966. The van der Waals surface area contributed by atoms with E-state index in [0.717, 1.165) is 22.8 Å². The fraction of sp³-hybridized carbons (Fsp3) is 0.0667. The van der Waals surface area contributed by atoms with Crippen LogP contribution in [0.15, 0.2) is 48.8 Å². The zero-order valence-electron chi connectivity index (χ0n) is 10.4. The van der Waals surface area contributed by atoms with Crippen LogP contribution >= 0.6 is 23.2 Å². The summed E-state index contributed by atoms with van der Waals surface area (Å²) >= 11 is 12.2. The van der Waals surface area contributed by atoms with Gasteiger partial charge in [-0.1, -0.05) is 41.4 Å². The molecule has 20 heavy (non-hydrogen) atoms. The van der Waals surface area contributed by atoms with E-state index in [1.54, 1.807) is 24.5 Å². The molecule has 1 aromatic carbocycles. The van der Waals surface area contributed by atoms with Gasteiger partial charge < -0.3 is 5.11 Å². The van der Waals surface area contributed by atoms with Gasteiger partial charge in [0.2, 0.25) is 0 Å². The van der Waals surface area contributed by atoms with Crippen LogP contribution in [0.4, 0.5) is 0 Å². The zero-order chi connectivity index (χ0) is 14.5. The topological polar surface area (TPSA) is 50.2 Å². The van der Waals surface area contributed by atoms with Crippen molar-refractivity contribution >= 4 is 29.2 Å². The standard InChI is InChI=1S/C15H11Cl2NO2/c16-13-5-2-4-12(15(13)17)11-7-10(8-18-9-11)3-1-6-14(19)20/h1-2,4-9H,3H2,(H,19,20). The van der Waals surface area contributed by atoms with E-state index >= 15 is 0 Å². The third-order valence-corrected chi connectivity index (χ3v) is 3.49. The molecule has 0 saturated heterocycles. The molecule has 1 heterocycles. The second-order valence-electron chi connectivity index (χ2n) is 4.13. The molecule has 0 unspecified atom stereocenters. The monoisotopic (exact) mass is 307 g/mol. The van der Waals surface area contributed by atoms with Crippen LogP contribution in [0.3, 0.4) is 0 Å². The summed E-state index contributed by atoms with van der Waals surface area (Å²) in [5, 5.41) is 9.52. The lowest BCUT2D eigenvalue weighted by Gasteiger charge is -2.07. The lowest BCUT2D eigenvalue weighted by atomic mass is 10.0. The number of carbonyl (C=O) groups is 1. The number of allylic oxidation sites excluding steroid dienone is 1. The van der Waals surface area contributed by atoms with Crippen molar-refractivity contribution in [3.8, 4) is 11.1 Å². The summed E-state index contributed by atoms with van der Waals surface area (Å²) in [6, 6.07) is 7.32. The van der Waals surface area contributed by atoms with E-state index in [9.17, 15) is 4.79 Å². The van der Waals surface area contributed by atoms with Crippen molar-refractivity contribution < 1.29 is 9.90 Å². The van der Waals surface area contributed by atoms with Crippen molar-refractivity contribution in [1.29, 1.82) is 0 Å². The van der Waals surface area contributed by atoms with Crippen molar-refractivity contribution in [1.82, 2.24) is 4.98 Å². The van der Waals surface area contributed by atoms with Crippen molar-refractivity contribution in [2.24, 2.45) is 0 Å². The Hall–Kier alpha value is -1.84. The molecule has 0 aliphatic rings. The van der Waals surface area contributed by atoms with Gasteiger partial charge >= 0.3 is 5.97 Å². The molecule has 102 valence electrons. The average molecular weight is 308 g/mol. The Labute approximate surface area is 126 Å². The van der Waals surface area contributed by atoms with Gasteiger partial charge in [0, 0.05) is 29.6 Å². The largest absolute Gasteiger partial charge is 0.478 e. The smallest absolute Gasteiger partial charge is 0.327 e. The molecule has 0 fully saturated rings. The summed E-state index contributed by atoms with van der Waals surface area (Å²) in [4.78, 5) is 14.6. The summed E-state index contributed by atoms with van der Waals surface area (Å²) < 4.78 is 0. The molecule has 0 amide bonds. The van der Waals surface area contributed by atoms with Gasteiger partial charge in [-0.2, -0.15) is 0 Å². The number of pyridine rings is 1. The van der Waals surface area contributed by atoms with Crippen LogP contribution in [0, 0.1) is 0 Å². The first kappa shape index (κ1) is 14.6. The molecule has 5 heteroatoms. The number of hydrogen-bond donors (Lipinski definition) is 1. The van der Waals surface area contributed by atoms with Gasteiger partial charge in [0.05, 0.1) is 10.0 Å². The molecule has 0 atom stereocenters. The van der Waals surface area contributed by atoms with Crippen molar-refractivity contribution in [2.75, 3.05) is 0 Å². The Balaban J connectivity index is 2.30. The lowest BCUT2D eigenvalue weighted by Crippen LogP contribution is -1.90. The fourth-order valence-electron chi connectivity index (χ4n) is 1.77. The Morgan fingerprint density at radius 3 is 2.85 bits per heavy atom. The highest BCUT2D eigenvalue weighted by molar-refractivity contribution is 6.43. The molecule has 0 bridgehead atoms. The summed E-state index contributed by atoms with van der Waals surface area (Å²) in [5.41, 5.74) is 2.55. The number of benzene rings is 1. The predicted octanol–water partition coefficient (Wildman–Crippen LogP) is 4.24. The summed E-state index contributed by atoms with van der Waals surface area (Å²) in [5.74, 6) is -0.966. The first-order valence-electron chi connectivity index (χ1n) is 5.85. The van der Waals surface area contributed by atoms with E-state index in [-0.39, 0.29) is 0 Å². The molecule has 0 saturated carbocycles. The highest BCUT2D eigenvalue weighted by atomic mass is 35.5. The van der Waals surface area contributed by atoms with Crippen LogP contribution in [-0.2, 0) is 11.2 Å². The number of halogens is 2. The molecule has 3 nitrogen and oxygen atoms in total. The molecule has 0 radical (unpaired) electrons. The van der Waals surface area contributed by atoms with Crippen LogP contribution in [0.1, 0.15) is 5.56 Å². The Morgan fingerprint density at radius 1 is 1.30 bits per heavy atom. The van der Waals surface area contributed by atoms with Crippen molar-refractivity contribution in [2.45, 2.75) is 6.42 Å². The van der Waals surface area contributed by atoms with Gasteiger partial charge in [0.15, 0.2) is 0 Å². The number of carboxylic acid groups (broad SMARTS) is 1. The average Bonchev–Trinajstić information content (AvgIpc) is 2.42.